The van der Waals surface area contributed by atoms with Gasteiger partial charge in [-0.2, -0.15) is 0 Å². The molecule has 49 heavy (non-hydrogen) atoms. The van der Waals surface area contributed by atoms with Crippen LogP contribution in [0.3, 0.4) is 0 Å². The van der Waals surface area contributed by atoms with Gasteiger partial charge in [-0.25, -0.2) is 0 Å². The summed E-state index contributed by atoms with van der Waals surface area (Å²) in [6.45, 7) is 10.3. The number of carbonyl (C=O) groups is 10. The van der Waals surface area contributed by atoms with E-state index in [1.165, 1.54) is 76.5 Å². The molecule has 0 atom stereocenters. The number of carbonyl (C=O) groups excluding carboxylic acids is 10. The van der Waals surface area contributed by atoms with Crippen LogP contribution in [0.5, 0.6) is 0 Å². The molecule has 22 heteroatoms. The third-order valence-corrected chi connectivity index (χ3v) is 3.12. The average Bonchev–Trinajstić information content (AvgIpc) is 2.71. The fourth-order valence-corrected chi connectivity index (χ4v) is 1.12. The van der Waals surface area contributed by atoms with E-state index in [0.717, 1.165) is 9.80 Å². The molecule has 0 saturated heterocycles. The van der Waals surface area contributed by atoms with Gasteiger partial charge >= 0.3 is 0 Å². The van der Waals surface area contributed by atoms with Gasteiger partial charge in [0.1, 0.15) is 0 Å². The molecular formula is C27H54N6O10Y6-6. The van der Waals surface area contributed by atoms with Crippen LogP contribution in [0.4, 0.5) is 0 Å². The number of nitrogens with zero attached hydrogens (tertiary/aromatic N) is 4. The van der Waals surface area contributed by atoms with E-state index >= 15 is 0 Å². The SMILES string of the molecule is C.C.CC(=O)N(C)C(C)=O.CC(=O)N(C)C(C)=O.CC(=O)[N-]C(C)=O.CC(=O)[N-]C(C)=O.CNC(=O)CC([NH-])=O.[CH3-].[CH3-].[CH3-].[Y].[Y].[Y].[Y].[Y].[Y]. The standard InChI is InChI=1S/2C5H9NO2.C4H8N2O2.2C4H7NO2.2CH4.3CH3.6Y/c2*1-4(7)6(3)5(2)8;1-6-4(8)2-3(5)7;2*1-3(6)5-4(2)7;;;;;;;;;;;/h2*1-3H3;2H2,1H3,(H3,5,6,7,8);2*1-2H3,(H,5,6,7);2*1H4;3*1H3;;;;;;/q;;;;;;;3*-1;;;;;;/p-3. The molecule has 6 radical (unpaired) electrons. The Hall–Kier alpha value is 2.12. The van der Waals surface area contributed by atoms with Gasteiger partial charge in [0.2, 0.25) is 29.5 Å². The van der Waals surface area contributed by atoms with Crippen molar-refractivity contribution in [3.8, 4) is 0 Å². The first-order chi connectivity index (χ1) is 17.0. The summed E-state index contributed by atoms with van der Waals surface area (Å²) in [5.41, 5.74) is 6.31. The quantitative estimate of drug-likeness (QED) is 0.313. The summed E-state index contributed by atoms with van der Waals surface area (Å²) in [5.74, 6) is -3.92. The monoisotopic (exact) mass is 1160 g/mol. The van der Waals surface area contributed by atoms with Crippen molar-refractivity contribution in [1.29, 1.82) is 0 Å². The molecule has 0 heterocycles. The summed E-state index contributed by atoms with van der Waals surface area (Å²) in [6, 6.07) is 0. The molecule has 0 fully saturated rings. The number of amides is 10. The molecule has 0 spiro atoms. The van der Waals surface area contributed by atoms with Crippen LogP contribution < -0.4 is 5.32 Å². The molecule has 0 unspecified atom stereocenters. The van der Waals surface area contributed by atoms with Gasteiger partial charge in [0.25, 0.3) is 0 Å². The zero-order valence-corrected chi connectivity index (χ0v) is 47.1. The van der Waals surface area contributed by atoms with Crippen LogP contribution in [0.15, 0.2) is 0 Å². The Labute approximate surface area is 447 Å². The maximum absolute atomic E-state index is 10.3. The smallest absolute Gasteiger partial charge is 0.225 e. The van der Waals surface area contributed by atoms with Gasteiger partial charge in [-0.05, 0) is 27.7 Å². The van der Waals surface area contributed by atoms with Crippen LogP contribution in [-0.4, -0.2) is 90.0 Å². The van der Waals surface area contributed by atoms with E-state index in [0.29, 0.717) is 0 Å². The minimum Gasteiger partial charge on any atom is -0.667 e. The summed E-state index contributed by atoms with van der Waals surface area (Å²) in [5, 5.41) is 8.22. The maximum atomic E-state index is 10.3. The fraction of sp³-hybridized carbons (Fsp3) is 0.519. The summed E-state index contributed by atoms with van der Waals surface area (Å²) in [7, 11) is 4.32. The molecule has 0 aliphatic carbocycles. The Morgan fingerprint density at radius 1 is 0.490 bits per heavy atom. The van der Waals surface area contributed by atoms with Gasteiger partial charge in [-0.15, -0.1) is 0 Å². The Balaban J connectivity index is -0.0000000188. The van der Waals surface area contributed by atoms with Crippen LogP contribution in [0.2, 0.25) is 0 Å². The maximum Gasteiger partial charge on any atom is 0.225 e. The second-order valence-corrected chi connectivity index (χ2v) is 6.77. The van der Waals surface area contributed by atoms with E-state index in [2.05, 4.69) is 16.0 Å². The second kappa shape index (κ2) is 68.2. The van der Waals surface area contributed by atoms with Crippen molar-refractivity contribution in [2.45, 2.75) is 76.7 Å². The molecule has 0 aromatic carbocycles. The predicted molar refractivity (Wildman–Crippen MR) is 168 cm³/mol. The van der Waals surface area contributed by atoms with Crippen LogP contribution in [-0.2, 0) is 244 Å². The summed E-state index contributed by atoms with van der Waals surface area (Å²) >= 11 is 0. The Morgan fingerprint density at radius 2 is 0.653 bits per heavy atom. The van der Waals surface area contributed by atoms with E-state index in [9.17, 15) is 47.9 Å². The number of hydrogen-bond donors (Lipinski definition) is 1. The van der Waals surface area contributed by atoms with Gasteiger partial charge in [0, 0.05) is 245 Å². The second-order valence-electron chi connectivity index (χ2n) is 6.77. The van der Waals surface area contributed by atoms with Gasteiger partial charge in [0.15, 0.2) is 0 Å². The molecule has 16 nitrogen and oxygen atoms in total. The van der Waals surface area contributed by atoms with Crippen LogP contribution in [0.1, 0.15) is 76.7 Å². The molecule has 10 amide bonds. The Morgan fingerprint density at radius 3 is 0.673 bits per heavy atom. The van der Waals surface area contributed by atoms with E-state index in [1.807, 2.05) is 0 Å². The molecule has 0 aliphatic heterocycles. The van der Waals surface area contributed by atoms with Crippen molar-refractivity contribution in [3.63, 3.8) is 0 Å². The van der Waals surface area contributed by atoms with Crippen LogP contribution >= 0.6 is 0 Å². The third-order valence-electron chi connectivity index (χ3n) is 3.12. The third kappa shape index (κ3) is 112. The number of nitrogens with one attached hydrogen (secondary N) is 2. The number of hydrogen-bond acceptors (Lipinski definition) is 10. The summed E-state index contributed by atoms with van der Waals surface area (Å²) in [6.07, 6.45) is -0.337. The van der Waals surface area contributed by atoms with E-state index in [1.54, 1.807) is 0 Å². The van der Waals surface area contributed by atoms with Crippen molar-refractivity contribution in [2.75, 3.05) is 21.1 Å². The molecule has 0 saturated carbocycles. The Kier molecular flexibility index (Phi) is 145. The van der Waals surface area contributed by atoms with Crippen molar-refractivity contribution >= 4 is 59.1 Å². The van der Waals surface area contributed by atoms with Gasteiger partial charge < -0.3 is 67.9 Å². The molecule has 276 valence electrons. The zero-order chi connectivity index (χ0) is 31.8. The normalized spacial score (nSPS) is 6.27. The van der Waals surface area contributed by atoms with Crippen molar-refractivity contribution in [3.05, 3.63) is 38.6 Å². The molecule has 2 N–H and O–H groups in total. The molecule has 0 aromatic heterocycles. The molecule has 0 rings (SSSR count). The first-order valence-corrected chi connectivity index (χ1v) is 10.4. The molecule has 0 bridgehead atoms. The molecular weight excluding hydrogens is 1100 g/mol. The van der Waals surface area contributed by atoms with Crippen molar-refractivity contribution in [1.82, 2.24) is 15.1 Å². The minimum atomic E-state index is -0.857. The van der Waals surface area contributed by atoms with Crippen molar-refractivity contribution in [2.24, 2.45) is 0 Å². The van der Waals surface area contributed by atoms with Crippen molar-refractivity contribution < 1.29 is 244 Å². The minimum absolute atomic E-state index is 0. The predicted octanol–water partition coefficient (Wildman–Crippen LogP) is 3.24. The van der Waals surface area contributed by atoms with Crippen LogP contribution in [0.25, 0.3) is 16.4 Å². The summed E-state index contributed by atoms with van der Waals surface area (Å²) in [4.78, 5) is 103. The topological polar surface area (TPSA) is 241 Å². The van der Waals surface area contributed by atoms with Crippen LogP contribution in [0, 0.1) is 22.3 Å². The first-order valence-electron chi connectivity index (χ1n) is 10.4. The first kappa shape index (κ1) is 104. The summed E-state index contributed by atoms with van der Waals surface area (Å²) < 4.78 is 0. The molecule has 0 aromatic rings. The zero-order valence-electron chi connectivity index (χ0n) is 30.0. The van der Waals surface area contributed by atoms with Gasteiger partial charge in [0.05, 0.1) is 36.0 Å². The van der Waals surface area contributed by atoms with E-state index in [-0.39, 0.29) is 263 Å². The van der Waals surface area contributed by atoms with Gasteiger partial charge in [-0.3, -0.25) is 33.8 Å². The van der Waals surface area contributed by atoms with E-state index < -0.39 is 35.4 Å². The Bertz CT molecular complexity index is 789. The largest absolute Gasteiger partial charge is 0.667 e. The van der Waals surface area contributed by atoms with E-state index in [4.69, 9.17) is 5.73 Å². The number of imide groups is 4. The molecule has 0 aliphatic rings. The van der Waals surface area contributed by atoms with Gasteiger partial charge in [-0.1, -0.05) is 14.9 Å². The average molecular weight is 1160 g/mol. The number of rotatable bonds is 2. The fourth-order valence-electron chi connectivity index (χ4n) is 1.12.